The Balaban J connectivity index is 1.68. The normalized spacial score (nSPS) is 27.0. The molecule has 0 spiro atoms. The zero-order valence-corrected chi connectivity index (χ0v) is 17.4. The number of unbranched alkanes of at least 4 members (excludes halogenated alkanes) is 3. The maximum Gasteiger partial charge on any atom is 0.126 e. The van der Waals surface area contributed by atoms with Crippen LogP contribution in [0, 0.1) is 5.92 Å². The van der Waals surface area contributed by atoms with Gasteiger partial charge in [-0.3, -0.25) is 0 Å². The van der Waals surface area contributed by atoms with E-state index in [-0.39, 0.29) is 17.9 Å². The molecule has 1 fully saturated rings. The average molecular weight is 388 g/mol. The largest absolute Gasteiger partial charge is 0.489 e. The Morgan fingerprint density at radius 3 is 2.89 bits per heavy atom. The molecule has 4 nitrogen and oxygen atoms in total. The predicted octanol–water partition coefficient (Wildman–Crippen LogP) is 3.95. The first-order chi connectivity index (χ1) is 13.7. The molecule has 0 amide bonds. The molecule has 1 saturated carbocycles. The standard InChI is InChI=1S/C24H37NO3/c1-3-4-5-11-18(26)13-14-19-21(27)16-22-23(19)20-12-8-10-17(24(20)28-22)9-6-7-15-25-2/h8,10,12-14,18-19,21-23,25-27H,3-7,9,11,15-16H2,1-2H3/b14-13+/t18-,19-,21+,22-,23-/m0/s1. The van der Waals surface area contributed by atoms with Crippen LogP contribution < -0.4 is 10.1 Å². The molecule has 0 bridgehead atoms. The first kappa shape index (κ1) is 21.4. The summed E-state index contributed by atoms with van der Waals surface area (Å²) >= 11 is 0. The highest BCUT2D eigenvalue weighted by Crippen LogP contribution is 2.52. The van der Waals surface area contributed by atoms with Crippen molar-refractivity contribution in [1.82, 2.24) is 5.32 Å². The summed E-state index contributed by atoms with van der Waals surface area (Å²) in [5.74, 6) is 1.27. The minimum Gasteiger partial charge on any atom is -0.489 e. The topological polar surface area (TPSA) is 61.7 Å². The van der Waals surface area contributed by atoms with Crippen molar-refractivity contribution in [3.63, 3.8) is 0 Å². The van der Waals surface area contributed by atoms with E-state index in [4.69, 9.17) is 4.74 Å². The highest BCUT2D eigenvalue weighted by molar-refractivity contribution is 5.49. The van der Waals surface area contributed by atoms with Crippen molar-refractivity contribution in [1.29, 1.82) is 0 Å². The number of hydrogen-bond donors (Lipinski definition) is 3. The summed E-state index contributed by atoms with van der Waals surface area (Å²) in [6, 6.07) is 6.47. The van der Waals surface area contributed by atoms with Crippen molar-refractivity contribution >= 4 is 0 Å². The van der Waals surface area contributed by atoms with Gasteiger partial charge in [-0.2, -0.15) is 0 Å². The van der Waals surface area contributed by atoms with Crippen molar-refractivity contribution in [3.05, 3.63) is 41.5 Å². The molecule has 1 heterocycles. The van der Waals surface area contributed by atoms with Gasteiger partial charge in [-0.15, -0.1) is 0 Å². The molecule has 3 rings (SSSR count). The van der Waals surface area contributed by atoms with Crippen molar-refractivity contribution in [2.45, 2.75) is 82.5 Å². The van der Waals surface area contributed by atoms with E-state index in [1.54, 1.807) is 0 Å². The van der Waals surface area contributed by atoms with Gasteiger partial charge in [-0.25, -0.2) is 0 Å². The molecule has 3 N–H and O–H groups in total. The zero-order valence-electron chi connectivity index (χ0n) is 17.4. The Morgan fingerprint density at radius 1 is 1.25 bits per heavy atom. The fourth-order valence-electron chi connectivity index (χ4n) is 4.74. The molecule has 0 radical (unpaired) electrons. The van der Waals surface area contributed by atoms with Crippen LogP contribution in [0.1, 0.15) is 68.9 Å². The van der Waals surface area contributed by atoms with Crippen LogP contribution in [0.3, 0.4) is 0 Å². The Kier molecular flexibility index (Phi) is 7.95. The number of rotatable bonds is 11. The summed E-state index contributed by atoms with van der Waals surface area (Å²) < 4.78 is 6.33. The van der Waals surface area contributed by atoms with Crippen molar-refractivity contribution < 1.29 is 14.9 Å². The molecule has 0 saturated heterocycles. The number of fused-ring (bicyclic) bond motifs is 3. The van der Waals surface area contributed by atoms with E-state index in [0.29, 0.717) is 6.42 Å². The average Bonchev–Trinajstić information content (AvgIpc) is 3.19. The maximum atomic E-state index is 10.6. The molecule has 1 aromatic carbocycles. The predicted molar refractivity (Wildman–Crippen MR) is 114 cm³/mol. The summed E-state index contributed by atoms with van der Waals surface area (Å²) in [5, 5.41) is 24.0. The monoisotopic (exact) mass is 387 g/mol. The number of aliphatic hydroxyl groups excluding tert-OH is 2. The zero-order chi connectivity index (χ0) is 19.9. The summed E-state index contributed by atoms with van der Waals surface area (Å²) in [7, 11) is 1.99. The lowest BCUT2D eigenvalue weighted by molar-refractivity contribution is 0.135. The van der Waals surface area contributed by atoms with Crippen LogP contribution in [0.4, 0.5) is 0 Å². The van der Waals surface area contributed by atoms with E-state index < -0.39 is 12.2 Å². The minimum absolute atomic E-state index is 0.0200. The van der Waals surface area contributed by atoms with Crippen LogP contribution in [0.5, 0.6) is 5.75 Å². The van der Waals surface area contributed by atoms with E-state index in [2.05, 4.69) is 30.4 Å². The van der Waals surface area contributed by atoms with Crippen LogP contribution >= 0.6 is 0 Å². The molecular weight excluding hydrogens is 350 g/mol. The third-order valence-corrected chi connectivity index (χ3v) is 6.27. The van der Waals surface area contributed by atoms with E-state index in [9.17, 15) is 10.2 Å². The molecule has 156 valence electrons. The fraction of sp³-hybridized carbons (Fsp3) is 0.667. The number of benzene rings is 1. The number of aliphatic hydroxyl groups is 2. The molecular formula is C24H37NO3. The molecule has 5 atom stereocenters. The first-order valence-corrected chi connectivity index (χ1v) is 11.1. The van der Waals surface area contributed by atoms with Gasteiger partial charge in [-0.05, 0) is 44.8 Å². The van der Waals surface area contributed by atoms with Crippen LogP contribution in [0.2, 0.25) is 0 Å². The van der Waals surface area contributed by atoms with Gasteiger partial charge in [-0.1, -0.05) is 56.5 Å². The molecule has 2 aliphatic rings. The summed E-state index contributed by atoms with van der Waals surface area (Å²) in [6.07, 6.45) is 11.3. The van der Waals surface area contributed by atoms with Crippen molar-refractivity contribution in [2.24, 2.45) is 5.92 Å². The molecule has 1 aromatic rings. The van der Waals surface area contributed by atoms with E-state index in [0.717, 1.165) is 57.2 Å². The first-order valence-electron chi connectivity index (χ1n) is 11.1. The number of hydrogen-bond acceptors (Lipinski definition) is 4. The van der Waals surface area contributed by atoms with E-state index in [1.165, 1.54) is 11.1 Å². The summed E-state index contributed by atoms with van der Waals surface area (Å²) in [4.78, 5) is 0. The highest BCUT2D eigenvalue weighted by Gasteiger charge is 2.48. The molecule has 28 heavy (non-hydrogen) atoms. The highest BCUT2D eigenvalue weighted by atomic mass is 16.5. The van der Waals surface area contributed by atoms with Crippen LogP contribution in [0.25, 0.3) is 0 Å². The van der Waals surface area contributed by atoms with Gasteiger partial charge in [0.05, 0.1) is 12.2 Å². The van der Waals surface area contributed by atoms with Crippen LogP contribution in [0.15, 0.2) is 30.4 Å². The van der Waals surface area contributed by atoms with Gasteiger partial charge in [0.1, 0.15) is 11.9 Å². The third kappa shape index (κ3) is 4.97. The lowest BCUT2D eigenvalue weighted by Gasteiger charge is -2.18. The number of nitrogens with one attached hydrogen (secondary N) is 1. The fourth-order valence-corrected chi connectivity index (χ4v) is 4.74. The Hall–Kier alpha value is -1.36. The number of para-hydroxylation sites is 1. The Labute approximate surface area is 170 Å². The smallest absolute Gasteiger partial charge is 0.126 e. The molecule has 4 heteroatoms. The Bertz CT molecular complexity index is 645. The summed E-state index contributed by atoms with van der Waals surface area (Å²) in [6.45, 7) is 3.21. The lowest BCUT2D eigenvalue weighted by atomic mass is 9.86. The van der Waals surface area contributed by atoms with Gasteiger partial charge in [0.2, 0.25) is 0 Å². The maximum absolute atomic E-state index is 10.6. The van der Waals surface area contributed by atoms with Crippen LogP contribution in [-0.4, -0.2) is 42.1 Å². The second kappa shape index (κ2) is 10.4. The van der Waals surface area contributed by atoms with E-state index in [1.807, 2.05) is 19.2 Å². The van der Waals surface area contributed by atoms with Crippen molar-refractivity contribution in [2.75, 3.05) is 13.6 Å². The van der Waals surface area contributed by atoms with E-state index >= 15 is 0 Å². The molecule has 1 aliphatic heterocycles. The SMILES string of the molecule is CCCCC[C@H](O)/C=C/[C@@H]1[C@H]2c3cccc(CCCCNC)c3O[C@H]2C[C@H]1O. The number of ether oxygens (including phenoxy) is 1. The second-order valence-electron chi connectivity index (χ2n) is 8.41. The molecule has 0 aromatic heterocycles. The van der Waals surface area contributed by atoms with Gasteiger partial charge in [0, 0.05) is 23.8 Å². The number of aryl methyl sites for hydroxylation is 1. The molecule has 1 aliphatic carbocycles. The van der Waals surface area contributed by atoms with Gasteiger partial charge < -0.3 is 20.3 Å². The third-order valence-electron chi connectivity index (χ3n) is 6.27. The van der Waals surface area contributed by atoms with Gasteiger partial charge in [0.25, 0.3) is 0 Å². The minimum atomic E-state index is -0.418. The quantitative estimate of drug-likeness (QED) is 0.397. The second-order valence-corrected chi connectivity index (χ2v) is 8.41. The van der Waals surface area contributed by atoms with Crippen LogP contribution in [-0.2, 0) is 6.42 Å². The van der Waals surface area contributed by atoms with Gasteiger partial charge >= 0.3 is 0 Å². The van der Waals surface area contributed by atoms with Crippen molar-refractivity contribution in [3.8, 4) is 5.75 Å². The lowest BCUT2D eigenvalue weighted by Crippen LogP contribution is -2.17. The molecule has 0 unspecified atom stereocenters. The summed E-state index contributed by atoms with van der Waals surface area (Å²) in [5.41, 5.74) is 2.53. The Morgan fingerprint density at radius 2 is 2.11 bits per heavy atom. The van der Waals surface area contributed by atoms with Gasteiger partial charge in [0.15, 0.2) is 0 Å².